The first-order valence-corrected chi connectivity index (χ1v) is 10.5. The molecular weight excluding hydrogens is 338 g/mol. The Bertz CT molecular complexity index is 494. The predicted octanol–water partition coefficient (Wildman–Crippen LogP) is 5.73. The van der Waals surface area contributed by atoms with Crippen molar-refractivity contribution in [3.63, 3.8) is 0 Å². The van der Waals surface area contributed by atoms with Gasteiger partial charge in [0.1, 0.15) is 0 Å². The van der Waals surface area contributed by atoms with Crippen LogP contribution in [0.4, 0.5) is 0 Å². The first kappa shape index (κ1) is 25.3. The zero-order valence-corrected chi connectivity index (χ0v) is 17.3. The number of carbonyl (C=O) groups excluding carboxylic acids is 1. The zero-order chi connectivity index (χ0) is 20.4. The molecule has 0 heterocycles. The Labute approximate surface area is 165 Å². The minimum Gasteiger partial charge on any atom is -0.480 e. The van der Waals surface area contributed by atoms with E-state index < -0.39 is 11.5 Å². The van der Waals surface area contributed by atoms with Gasteiger partial charge in [-0.05, 0) is 44.9 Å². The second-order valence-electron chi connectivity index (χ2n) is 7.05. The molecule has 3 N–H and O–H groups in total. The number of unbranched alkanes of at least 4 members (excludes halogenated alkanes) is 5. The number of aliphatic carboxylic acids is 1. The van der Waals surface area contributed by atoms with Crippen LogP contribution in [0.25, 0.3) is 0 Å². The highest BCUT2D eigenvalue weighted by Gasteiger charge is 2.40. The van der Waals surface area contributed by atoms with Gasteiger partial charge in [-0.3, -0.25) is 4.79 Å². The van der Waals surface area contributed by atoms with E-state index >= 15 is 0 Å². The van der Waals surface area contributed by atoms with Gasteiger partial charge in [0.2, 0.25) is 0 Å². The van der Waals surface area contributed by atoms with E-state index in [1.54, 1.807) is 0 Å². The molecule has 154 valence electrons. The highest BCUT2D eigenvalue weighted by Crippen LogP contribution is 2.16. The molecule has 0 radical (unpaired) electrons. The quantitative estimate of drug-likeness (QED) is 0.193. The molecule has 0 amide bonds. The first-order chi connectivity index (χ1) is 13.0. The van der Waals surface area contributed by atoms with Crippen molar-refractivity contribution in [3.05, 3.63) is 36.5 Å². The molecule has 0 aromatic rings. The van der Waals surface area contributed by atoms with E-state index in [0.29, 0.717) is 6.42 Å². The third-order valence-electron chi connectivity index (χ3n) is 4.58. The maximum Gasteiger partial charge on any atom is 0.331 e. The lowest BCUT2D eigenvalue weighted by molar-refractivity contribution is -0.148. The van der Waals surface area contributed by atoms with E-state index in [0.717, 1.165) is 57.8 Å². The van der Waals surface area contributed by atoms with Crippen molar-refractivity contribution in [2.45, 2.75) is 96.4 Å². The van der Waals surface area contributed by atoms with Gasteiger partial charge in [-0.25, -0.2) is 4.79 Å². The molecule has 0 aromatic heterocycles. The van der Waals surface area contributed by atoms with E-state index in [-0.39, 0.29) is 18.6 Å². The molecule has 4 heteroatoms. The van der Waals surface area contributed by atoms with Crippen LogP contribution in [-0.4, -0.2) is 22.4 Å². The summed E-state index contributed by atoms with van der Waals surface area (Å²) in [6, 6.07) is 0. The smallest absolute Gasteiger partial charge is 0.331 e. The van der Waals surface area contributed by atoms with Crippen molar-refractivity contribution in [2.75, 3.05) is 0 Å². The molecule has 0 aliphatic heterocycles. The third-order valence-corrected chi connectivity index (χ3v) is 4.58. The average molecular weight is 378 g/mol. The Morgan fingerprint density at radius 3 is 2.00 bits per heavy atom. The van der Waals surface area contributed by atoms with Gasteiger partial charge in [-0.1, -0.05) is 76.0 Å². The molecule has 0 bridgehead atoms. The lowest BCUT2D eigenvalue weighted by Crippen LogP contribution is -2.54. The molecule has 0 aliphatic carbocycles. The standard InChI is InChI=1S/C23H39NO3/c1-3-5-6-7-8-9-10-11-12-13-14-15-16-17-18-19-21(25)23(24,20-4-2)22(26)27/h5-6,8-9,11-12H,3-4,7,10,13-20,24H2,1-2H3,(H,26,27)/b6-5-,9-8-,12-11-. The van der Waals surface area contributed by atoms with E-state index in [4.69, 9.17) is 5.73 Å². The molecule has 4 nitrogen and oxygen atoms in total. The van der Waals surface area contributed by atoms with E-state index in [2.05, 4.69) is 43.4 Å². The molecule has 1 unspecified atom stereocenters. The van der Waals surface area contributed by atoms with Crippen LogP contribution in [0, 0.1) is 0 Å². The molecule has 0 spiro atoms. The van der Waals surface area contributed by atoms with Crippen LogP contribution in [-0.2, 0) is 9.59 Å². The normalized spacial score (nSPS) is 14.3. The summed E-state index contributed by atoms with van der Waals surface area (Å²) in [6.45, 7) is 3.98. The number of carboxylic acid groups (broad SMARTS) is 1. The molecule has 0 rings (SSSR count). The number of Topliss-reactive ketones (excluding diaryl/α,β-unsaturated/α-hetero) is 1. The molecular formula is C23H39NO3. The molecule has 0 aromatic carbocycles. The van der Waals surface area contributed by atoms with Gasteiger partial charge in [0, 0.05) is 6.42 Å². The number of carbonyl (C=O) groups is 2. The molecule has 27 heavy (non-hydrogen) atoms. The summed E-state index contributed by atoms with van der Waals surface area (Å²) in [6.07, 6.45) is 23.5. The van der Waals surface area contributed by atoms with Crippen molar-refractivity contribution in [3.8, 4) is 0 Å². The Balaban J connectivity index is 3.69. The van der Waals surface area contributed by atoms with Crippen LogP contribution in [0.15, 0.2) is 36.5 Å². The van der Waals surface area contributed by atoms with Crippen LogP contribution < -0.4 is 5.73 Å². The Morgan fingerprint density at radius 1 is 0.852 bits per heavy atom. The van der Waals surface area contributed by atoms with Gasteiger partial charge in [0.05, 0.1) is 0 Å². The second-order valence-corrected chi connectivity index (χ2v) is 7.05. The fourth-order valence-corrected chi connectivity index (χ4v) is 2.89. The Hall–Kier alpha value is -1.68. The molecule has 0 saturated carbocycles. The lowest BCUT2D eigenvalue weighted by atomic mass is 9.87. The third kappa shape index (κ3) is 12.4. The fourth-order valence-electron chi connectivity index (χ4n) is 2.89. The van der Waals surface area contributed by atoms with Gasteiger partial charge in [-0.15, -0.1) is 0 Å². The van der Waals surface area contributed by atoms with Crippen LogP contribution in [0.1, 0.15) is 90.9 Å². The molecule has 0 aliphatic rings. The van der Waals surface area contributed by atoms with E-state index in [9.17, 15) is 14.7 Å². The SMILES string of the molecule is CC/C=C\C/C=C\C/C=C\CCCCCCCC(=O)C(N)(CCC)C(=O)O. The number of ketones is 1. The molecule has 0 saturated heterocycles. The van der Waals surface area contributed by atoms with Gasteiger partial charge >= 0.3 is 5.97 Å². The summed E-state index contributed by atoms with van der Waals surface area (Å²) in [5, 5.41) is 9.20. The maximum absolute atomic E-state index is 12.1. The highest BCUT2D eigenvalue weighted by atomic mass is 16.4. The van der Waals surface area contributed by atoms with Crippen LogP contribution in [0.2, 0.25) is 0 Å². The summed E-state index contributed by atoms with van der Waals surface area (Å²) < 4.78 is 0. The number of hydrogen-bond acceptors (Lipinski definition) is 3. The van der Waals surface area contributed by atoms with Crippen molar-refractivity contribution < 1.29 is 14.7 Å². The van der Waals surface area contributed by atoms with Gasteiger partial charge in [0.15, 0.2) is 11.3 Å². The van der Waals surface area contributed by atoms with Crippen molar-refractivity contribution >= 4 is 11.8 Å². The maximum atomic E-state index is 12.1. The average Bonchev–Trinajstić information content (AvgIpc) is 2.64. The summed E-state index contributed by atoms with van der Waals surface area (Å²) in [5.41, 5.74) is 4.10. The van der Waals surface area contributed by atoms with E-state index in [1.807, 2.05) is 6.92 Å². The Kier molecular flexibility index (Phi) is 15.5. The number of carboxylic acids is 1. The highest BCUT2D eigenvalue weighted by molar-refractivity contribution is 6.07. The number of hydrogen-bond donors (Lipinski definition) is 2. The largest absolute Gasteiger partial charge is 0.480 e. The predicted molar refractivity (Wildman–Crippen MR) is 114 cm³/mol. The second kappa shape index (κ2) is 16.5. The summed E-state index contributed by atoms with van der Waals surface area (Å²) in [5.74, 6) is -1.54. The van der Waals surface area contributed by atoms with E-state index in [1.165, 1.54) is 0 Å². The topological polar surface area (TPSA) is 80.4 Å². The number of nitrogens with two attached hydrogens (primary N) is 1. The number of allylic oxidation sites excluding steroid dienone is 6. The summed E-state index contributed by atoms with van der Waals surface area (Å²) >= 11 is 0. The van der Waals surface area contributed by atoms with Gasteiger partial charge in [-0.2, -0.15) is 0 Å². The first-order valence-electron chi connectivity index (χ1n) is 10.5. The van der Waals surface area contributed by atoms with Crippen molar-refractivity contribution in [1.82, 2.24) is 0 Å². The monoisotopic (exact) mass is 377 g/mol. The zero-order valence-electron chi connectivity index (χ0n) is 17.3. The number of rotatable bonds is 17. The van der Waals surface area contributed by atoms with Crippen LogP contribution >= 0.6 is 0 Å². The minimum absolute atomic E-state index is 0.206. The van der Waals surface area contributed by atoms with Crippen molar-refractivity contribution in [2.24, 2.45) is 5.73 Å². The summed E-state index contributed by atoms with van der Waals surface area (Å²) in [4.78, 5) is 23.4. The lowest BCUT2D eigenvalue weighted by Gasteiger charge is -2.22. The Morgan fingerprint density at radius 2 is 1.41 bits per heavy atom. The van der Waals surface area contributed by atoms with Crippen LogP contribution in [0.3, 0.4) is 0 Å². The van der Waals surface area contributed by atoms with Crippen molar-refractivity contribution in [1.29, 1.82) is 0 Å². The van der Waals surface area contributed by atoms with Gasteiger partial charge < -0.3 is 10.8 Å². The fraction of sp³-hybridized carbons (Fsp3) is 0.652. The molecule has 0 fully saturated rings. The summed E-state index contributed by atoms with van der Waals surface area (Å²) in [7, 11) is 0. The van der Waals surface area contributed by atoms with Crippen LogP contribution in [0.5, 0.6) is 0 Å². The molecule has 1 atom stereocenters. The van der Waals surface area contributed by atoms with Gasteiger partial charge in [0.25, 0.3) is 0 Å². The minimum atomic E-state index is -1.69.